The van der Waals surface area contributed by atoms with Crippen LogP contribution in [0, 0.1) is 0 Å². The van der Waals surface area contributed by atoms with E-state index in [2.05, 4.69) is 0 Å². The zero-order valence-electron chi connectivity index (χ0n) is 7.96. The van der Waals surface area contributed by atoms with Gasteiger partial charge in [0.15, 0.2) is 0 Å². The molecule has 0 aromatic rings. The molecule has 1 atom stereocenters. The van der Waals surface area contributed by atoms with Gasteiger partial charge in [0.05, 0.1) is 29.3 Å². The molecule has 1 unspecified atom stereocenters. The second kappa shape index (κ2) is 4.02. The Hall–Kier alpha value is 0.260. The van der Waals surface area contributed by atoms with Crippen molar-refractivity contribution < 1.29 is 14.6 Å². The summed E-state index contributed by atoms with van der Waals surface area (Å²) in [5.74, 6) is 0.157. The number of thioether (sulfide) groups is 1. The zero-order chi connectivity index (χ0) is 10.2. The van der Waals surface area contributed by atoms with Crippen LogP contribution in [0.4, 0.5) is 0 Å². The number of halogens is 1. The minimum Gasteiger partial charge on any atom is -0.387 e. The molecule has 1 aliphatic carbocycles. The minimum absolute atomic E-state index is 0.425. The predicted octanol–water partition coefficient (Wildman–Crippen LogP) is 1.70. The standard InChI is InChI=1S/C9H13ClO3S/c1-2-14-8-7(10)6(11)5-9(8)12-3-4-13-9/h6,11H,2-5H2,1H3. The van der Waals surface area contributed by atoms with E-state index >= 15 is 0 Å². The van der Waals surface area contributed by atoms with Gasteiger partial charge in [-0.25, -0.2) is 0 Å². The number of hydrogen-bond donors (Lipinski definition) is 1. The normalized spacial score (nSPS) is 30.6. The van der Waals surface area contributed by atoms with Crippen molar-refractivity contribution in [2.24, 2.45) is 0 Å². The zero-order valence-corrected chi connectivity index (χ0v) is 9.53. The Kier molecular flexibility index (Phi) is 3.09. The molecular formula is C9H13ClO3S. The summed E-state index contributed by atoms with van der Waals surface area (Å²) in [6.45, 7) is 3.19. The van der Waals surface area contributed by atoms with Crippen LogP contribution in [-0.2, 0) is 9.47 Å². The number of rotatable bonds is 2. The Labute approximate surface area is 92.4 Å². The topological polar surface area (TPSA) is 38.7 Å². The number of aliphatic hydroxyl groups excluding tert-OH is 1. The van der Waals surface area contributed by atoms with Crippen molar-refractivity contribution in [1.29, 1.82) is 0 Å². The Bertz CT molecular complexity index is 261. The molecule has 0 bridgehead atoms. The average Bonchev–Trinajstić information content (AvgIpc) is 2.69. The Balaban J connectivity index is 2.27. The highest BCUT2D eigenvalue weighted by molar-refractivity contribution is 8.03. The molecule has 1 saturated heterocycles. The van der Waals surface area contributed by atoms with Crippen molar-refractivity contribution in [1.82, 2.24) is 0 Å². The first-order valence-electron chi connectivity index (χ1n) is 4.68. The van der Waals surface area contributed by atoms with Gasteiger partial charge in [0, 0.05) is 6.42 Å². The van der Waals surface area contributed by atoms with E-state index in [-0.39, 0.29) is 0 Å². The third-order valence-electron chi connectivity index (χ3n) is 2.36. The molecule has 80 valence electrons. The van der Waals surface area contributed by atoms with Gasteiger partial charge in [0.25, 0.3) is 0 Å². The van der Waals surface area contributed by atoms with E-state index in [4.69, 9.17) is 21.1 Å². The van der Waals surface area contributed by atoms with Gasteiger partial charge >= 0.3 is 0 Å². The first kappa shape index (κ1) is 10.8. The first-order chi connectivity index (χ1) is 6.69. The van der Waals surface area contributed by atoms with Crippen molar-refractivity contribution in [2.45, 2.75) is 25.2 Å². The molecule has 0 aromatic heterocycles. The van der Waals surface area contributed by atoms with E-state index in [9.17, 15) is 5.11 Å². The molecule has 1 spiro atoms. The molecule has 1 aliphatic heterocycles. The maximum atomic E-state index is 9.66. The van der Waals surface area contributed by atoms with Crippen LogP contribution in [0.5, 0.6) is 0 Å². The monoisotopic (exact) mass is 236 g/mol. The maximum Gasteiger partial charge on any atom is 0.205 e. The summed E-state index contributed by atoms with van der Waals surface area (Å²) in [5.41, 5.74) is 0. The van der Waals surface area contributed by atoms with Crippen molar-refractivity contribution in [3.8, 4) is 0 Å². The Morgan fingerprint density at radius 2 is 2.21 bits per heavy atom. The summed E-state index contributed by atoms with van der Waals surface area (Å²) in [6.07, 6.45) is -0.211. The fraction of sp³-hybridized carbons (Fsp3) is 0.778. The SMILES string of the molecule is CCSC1=C(Cl)C(O)CC12OCCO2. The van der Waals surface area contributed by atoms with Crippen LogP contribution in [0.15, 0.2) is 9.94 Å². The van der Waals surface area contributed by atoms with Crippen LogP contribution < -0.4 is 0 Å². The fourth-order valence-corrected chi connectivity index (χ4v) is 3.17. The van der Waals surface area contributed by atoms with Crippen LogP contribution in [0.25, 0.3) is 0 Å². The van der Waals surface area contributed by atoms with E-state index in [1.165, 1.54) is 0 Å². The summed E-state index contributed by atoms with van der Waals surface area (Å²) in [4.78, 5) is 0.853. The molecule has 14 heavy (non-hydrogen) atoms. The number of aliphatic hydroxyl groups is 1. The lowest BCUT2D eigenvalue weighted by Gasteiger charge is -2.24. The van der Waals surface area contributed by atoms with Gasteiger partial charge < -0.3 is 14.6 Å². The van der Waals surface area contributed by atoms with Crippen LogP contribution in [0.3, 0.4) is 0 Å². The molecule has 0 radical (unpaired) electrons. The number of hydrogen-bond acceptors (Lipinski definition) is 4. The van der Waals surface area contributed by atoms with Gasteiger partial charge in [0.1, 0.15) is 0 Å². The summed E-state index contributed by atoms with van der Waals surface area (Å²) in [7, 11) is 0. The summed E-state index contributed by atoms with van der Waals surface area (Å²) in [5, 5.41) is 10.1. The first-order valence-corrected chi connectivity index (χ1v) is 6.05. The van der Waals surface area contributed by atoms with Crippen LogP contribution in [0.2, 0.25) is 0 Å². The van der Waals surface area contributed by atoms with Crippen molar-refractivity contribution in [3.05, 3.63) is 9.94 Å². The highest BCUT2D eigenvalue weighted by atomic mass is 35.5. The van der Waals surface area contributed by atoms with E-state index in [1.54, 1.807) is 11.8 Å². The van der Waals surface area contributed by atoms with Gasteiger partial charge in [-0.15, -0.1) is 11.8 Å². The molecule has 1 fully saturated rings. The molecule has 2 aliphatic rings. The quantitative estimate of drug-likeness (QED) is 0.792. The van der Waals surface area contributed by atoms with E-state index < -0.39 is 11.9 Å². The molecule has 1 heterocycles. The van der Waals surface area contributed by atoms with Crippen molar-refractivity contribution in [3.63, 3.8) is 0 Å². The van der Waals surface area contributed by atoms with E-state index in [0.29, 0.717) is 24.7 Å². The van der Waals surface area contributed by atoms with Crippen LogP contribution in [0.1, 0.15) is 13.3 Å². The Morgan fingerprint density at radius 3 is 2.79 bits per heavy atom. The van der Waals surface area contributed by atoms with Crippen molar-refractivity contribution in [2.75, 3.05) is 19.0 Å². The summed E-state index contributed by atoms with van der Waals surface area (Å²) < 4.78 is 11.1. The lowest BCUT2D eigenvalue weighted by Crippen LogP contribution is -2.30. The largest absolute Gasteiger partial charge is 0.387 e. The minimum atomic E-state index is -0.739. The molecular weight excluding hydrogens is 224 g/mol. The van der Waals surface area contributed by atoms with Gasteiger partial charge in [-0.05, 0) is 5.75 Å². The second-order valence-corrected chi connectivity index (χ2v) is 4.96. The number of ether oxygens (including phenoxy) is 2. The Morgan fingerprint density at radius 1 is 1.57 bits per heavy atom. The van der Waals surface area contributed by atoms with E-state index in [1.807, 2.05) is 6.92 Å². The van der Waals surface area contributed by atoms with Crippen molar-refractivity contribution >= 4 is 23.4 Å². The van der Waals surface area contributed by atoms with Gasteiger partial charge in [0.2, 0.25) is 5.79 Å². The van der Waals surface area contributed by atoms with Gasteiger partial charge in [-0.3, -0.25) is 0 Å². The smallest absolute Gasteiger partial charge is 0.205 e. The molecule has 0 amide bonds. The summed E-state index contributed by atoms with van der Waals surface area (Å²) in [6, 6.07) is 0. The molecule has 2 rings (SSSR count). The lowest BCUT2D eigenvalue weighted by molar-refractivity contribution is -0.127. The van der Waals surface area contributed by atoms with Gasteiger partial charge in [-0.1, -0.05) is 18.5 Å². The van der Waals surface area contributed by atoms with Gasteiger partial charge in [-0.2, -0.15) is 0 Å². The van der Waals surface area contributed by atoms with Crippen LogP contribution >= 0.6 is 23.4 Å². The average molecular weight is 237 g/mol. The predicted molar refractivity (Wildman–Crippen MR) is 56.3 cm³/mol. The second-order valence-electron chi connectivity index (χ2n) is 3.28. The molecule has 5 heteroatoms. The maximum absolute atomic E-state index is 9.66. The third kappa shape index (κ3) is 1.59. The van der Waals surface area contributed by atoms with E-state index in [0.717, 1.165) is 10.7 Å². The lowest BCUT2D eigenvalue weighted by atomic mass is 10.2. The molecule has 3 nitrogen and oxygen atoms in total. The molecule has 0 saturated carbocycles. The van der Waals surface area contributed by atoms with Crippen LogP contribution in [-0.4, -0.2) is 36.0 Å². The fourth-order valence-electron chi connectivity index (χ4n) is 1.80. The summed E-state index contributed by atoms with van der Waals surface area (Å²) >= 11 is 7.61. The third-order valence-corrected chi connectivity index (χ3v) is 4.02. The highest BCUT2D eigenvalue weighted by Gasteiger charge is 2.49. The highest BCUT2D eigenvalue weighted by Crippen LogP contribution is 2.48. The molecule has 1 N–H and O–H groups in total. The molecule has 0 aromatic carbocycles.